The van der Waals surface area contributed by atoms with Gasteiger partial charge in [0.05, 0.1) is 11.6 Å². The smallest absolute Gasteiger partial charge is 0.411 e. The average molecular weight is 259 g/mol. The second-order valence-corrected chi connectivity index (χ2v) is 4.56. The quantitative estimate of drug-likeness (QED) is 0.873. The van der Waals surface area contributed by atoms with Crippen molar-refractivity contribution >= 4 is 11.8 Å². The first-order chi connectivity index (χ1) is 9.28. The highest BCUT2D eigenvalue weighted by Gasteiger charge is 2.14. The second-order valence-electron chi connectivity index (χ2n) is 4.56. The van der Waals surface area contributed by atoms with Gasteiger partial charge in [0.2, 0.25) is 0 Å². The highest BCUT2D eigenvalue weighted by atomic mass is 16.5. The van der Waals surface area contributed by atoms with Crippen LogP contribution in [0.3, 0.4) is 0 Å². The van der Waals surface area contributed by atoms with Crippen molar-refractivity contribution in [2.45, 2.75) is 25.3 Å². The lowest BCUT2D eigenvalue weighted by molar-refractivity contribution is 0.141. The Labute approximate surface area is 112 Å². The van der Waals surface area contributed by atoms with Gasteiger partial charge in [-0.25, -0.2) is 4.79 Å². The van der Waals surface area contributed by atoms with E-state index in [2.05, 4.69) is 10.6 Å². The molecule has 1 aromatic carbocycles. The van der Waals surface area contributed by atoms with E-state index in [0.29, 0.717) is 17.9 Å². The fourth-order valence-corrected chi connectivity index (χ4v) is 2.06. The molecule has 1 aliphatic rings. The van der Waals surface area contributed by atoms with Gasteiger partial charge in [-0.05, 0) is 37.6 Å². The van der Waals surface area contributed by atoms with Gasteiger partial charge in [-0.1, -0.05) is 12.5 Å². The van der Waals surface area contributed by atoms with Gasteiger partial charge in [0.25, 0.3) is 0 Å². The van der Waals surface area contributed by atoms with Crippen LogP contribution in [0.4, 0.5) is 10.5 Å². The minimum absolute atomic E-state index is 0.255. The van der Waals surface area contributed by atoms with E-state index in [0.717, 1.165) is 13.0 Å². The lowest BCUT2D eigenvalue weighted by Gasteiger charge is -2.22. The third-order valence-corrected chi connectivity index (χ3v) is 3.07. The molecule has 0 aliphatic carbocycles. The molecule has 2 rings (SSSR count). The van der Waals surface area contributed by atoms with Crippen LogP contribution in [-0.4, -0.2) is 25.3 Å². The molecule has 19 heavy (non-hydrogen) atoms. The molecule has 1 aromatic rings. The SMILES string of the molecule is N#Cc1cccc(NC(=O)OCC2CCCCN2)c1. The first-order valence-corrected chi connectivity index (χ1v) is 6.45. The first-order valence-electron chi connectivity index (χ1n) is 6.45. The Morgan fingerprint density at radius 1 is 1.53 bits per heavy atom. The summed E-state index contributed by atoms with van der Waals surface area (Å²) in [6, 6.07) is 9.01. The lowest BCUT2D eigenvalue weighted by Crippen LogP contribution is -2.38. The van der Waals surface area contributed by atoms with E-state index < -0.39 is 6.09 Å². The zero-order valence-electron chi connectivity index (χ0n) is 10.7. The summed E-state index contributed by atoms with van der Waals surface area (Å²) >= 11 is 0. The number of carbonyl (C=O) groups is 1. The Bertz CT molecular complexity index is 476. The maximum Gasteiger partial charge on any atom is 0.411 e. The summed E-state index contributed by atoms with van der Waals surface area (Å²) in [6.45, 7) is 1.36. The number of nitriles is 1. The number of hydrogen-bond donors (Lipinski definition) is 2. The van der Waals surface area contributed by atoms with E-state index in [1.54, 1.807) is 24.3 Å². The molecule has 2 N–H and O–H groups in total. The number of anilines is 1. The molecule has 1 saturated heterocycles. The van der Waals surface area contributed by atoms with Crippen molar-refractivity contribution in [2.75, 3.05) is 18.5 Å². The number of ether oxygens (including phenoxy) is 1. The van der Waals surface area contributed by atoms with Crippen molar-refractivity contribution in [3.8, 4) is 6.07 Å². The van der Waals surface area contributed by atoms with Gasteiger partial charge in [0, 0.05) is 11.7 Å². The zero-order chi connectivity index (χ0) is 13.5. The van der Waals surface area contributed by atoms with Crippen LogP contribution in [-0.2, 0) is 4.74 Å². The highest BCUT2D eigenvalue weighted by molar-refractivity contribution is 5.84. The summed E-state index contributed by atoms with van der Waals surface area (Å²) in [5, 5.41) is 14.7. The van der Waals surface area contributed by atoms with Crippen LogP contribution in [0.1, 0.15) is 24.8 Å². The molecule has 1 unspecified atom stereocenters. The van der Waals surface area contributed by atoms with Crippen LogP contribution < -0.4 is 10.6 Å². The number of carbonyl (C=O) groups excluding carboxylic acids is 1. The van der Waals surface area contributed by atoms with Crippen LogP contribution in [0.5, 0.6) is 0 Å². The molecule has 1 atom stereocenters. The molecule has 1 heterocycles. The van der Waals surface area contributed by atoms with Crippen molar-refractivity contribution in [1.29, 1.82) is 5.26 Å². The number of nitrogens with one attached hydrogen (secondary N) is 2. The summed E-state index contributed by atoms with van der Waals surface area (Å²) in [6.07, 6.45) is 2.91. The fourth-order valence-electron chi connectivity index (χ4n) is 2.06. The van der Waals surface area contributed by atoms with Gasteiger partial charge in [0.15, 0.2) is 0 Å². The van der Waals surface area contributed by atoms with Gasteiger partial charge in [-0.3, -0.25) is 5.32 Å². The molecule has 0 aromatic heterocycles. The van der Waals surface area contributed by atoms with E-state index >= 15 is 0 Å². The van der Waals surface area contributed by atoms with E-state index in [1.807, 2.05) is 6.07 Å². The molecule has 5 heteroatoms. The fraction of sp³-hybridized carbons (Fsp3) is 0.429. The largest absolute Gasteiger partial charge is 0.448 e. The van der Waals surface area contributed by atoms with Crippen LogP contribution in [0.15, 0.2) is 24.3 Å². The van der Waals surface area contributed by atoms with E-state index in [1.165, 1.54) is 12.8 Å². The van der Waals surface area contributed by atoms with Crippen LogP contribution >= 0.6 is 0 Å². The lowest BCUT2D eigenvalue weighted by atomic mass is 10.1. The molecule has 1 aliphatic heterocycles. The normalized spacial score (nSPS) is 18.4. The van der Waals surface area contributed by atoms with Crippen LogP contribution in [0.25, 0.3) is 0 Å². The summed E-state index contributed by atoms with van der Waals surface area (Å²) in [7, 11) is 0. The standard InChI is InChI=1S/C14H17N3O2/c15-9-11-4-3-6-12(8-11)17-14(18)19-10-13-5-1-2-7-16-13/h3-4,6,8,13,16H,1-2,5,7,10H2,(H,17,18). The number of piperidine rings is 1. The van der Waals surface area contributed by atoms with Crippen LogP contribution in [0.2, 0.25) is 0 Å². The molecule has 0 spiro atoms. The minimum Gasteiger partial charge on any atom is -0.448 e. The maximum atomic E-state index is 11.6. The predicted molar refractivity (Wildman–Crippen MR) is 71.8 cm³/mol. The van der Waals surface area contributed by atoms with Crippen molar-refractivity contribution in [2.24, 2.45) is 0 Å². The number of hydrogen-bond acceptors (Lipinski definition) is 4. The van der Waals surface area contributed by atoms with Gasteiger partial charge >= 0.3 is 6.09 Å². The summed E-state index contributed by atoms with van der Waals surface area (Å²) in [5.74, 6) is 0. The van der Waals surface area contributed by atoms with Gasteiger partial charge in [0.1, 0.15) is 6.61 Å². The van der Waals surface area contributed by atoms with Crippen molar-refractivity contribution in [3.63, 3.8) is 0 Å². The molecule has 1 fully saturated rings. The highest BCUT2D eigenvalue weighted by Crippen LogP contribution is 2.11. The Hall–Kier alpha value is -2.06. The summed E-state index contributed by atoms with van der Waals surface area (Å²) in [4.78, 5) is 11.6. The molecule has 100 valence electrons. The molecule has 1 amide bonds. The monoisotopic (exact) mass is 259 g/mol. The number of nitrogens with zero attached hydrogens (tertiary/aromatic N) is 1. The number of rotatable bonds is 3. The molecule has 0 saturated carbocycles. The van der Waals surface area contributed by atoms with Crippen molar-refractivity contribution < 1.29 is 9.53 Å². The van der Waals surface area contributed by atoms with Gasteiger partial charge in [-0.15, -0.1) is 0 Å². The number of benzene rings is 1. The molecular formula is C14H17N3O2. The first kappa shape index (κ1) is 13.4. The third kappa shape index (κ3) is 4.27. The summed E-state index contributed by atoms with van der Waals surface area (Å²) in [5.41, 5.74) is 1.08. The zero-order valence-corrected chi connectivity index (χ0v) is 10.7. The van der Waals surface area contributed by atoms with E-state index in [4.69, 9.17) is 10.00 Å². The molecule has 0 radical (unpaired) electrons. The summed E-state index contributed by atoms with van der Waals surface area (Å²) < 4.78 is 5.16. The van der Waals surface area contributed by atoms with E-state index in [-0.39, 0.29) is 6.04 Å². The van der Waals surface area contributed by atoms with E-state index in [9.17, 15) is 4.79 Å². The minimum atomic E-state index is -0.484. The Kier molecular flexibility index (Phi) is 4.76. The topological polar surface area (TPSA) is 74.2 Å². The predicted octanol–water partition coefficient (Wildman–Crippen LogP) is 2.25. The molecule has 5 nitrogen and oxygen atoms in total. The Morgan fingerprint density at radius 2 is 2.42 bits per heavy atom. The Balaban J connectivity index is 1.78. The molecule has 0 bridgehead atoms. The molecular weight excluding hydrogens is 242 g/mol. The van der Waals surface area contributed by atoms with Gasteiger partial charge < -0.3 is 10.1 Å². The second kappa shape index (κ2) is 6.76. The maximum absolute atomic E-state index is 11.6. The van der Waals surface area contributed by atoms with Crippen molar-refractivity contribution in [1.82, 2.24) is 5.32 Å². The Morgan fingerprint density at radius 3 is 3.16 bits per heavy atom. The van der Waals surface area contributed by atoms with Gasteiger partial charge in [-0.2, -0.15) is 5.26 Å². The van der Waals surface area contributed by atoms with Crippen LogP contribution in [0, 0.1) is 11.3 Å². The average Bonchev–Trinajstić information content (AvgIpc) is 2.46. The van der Waals surface area contributed by atoms with Crippen molar-refractivity contribution in [3.05, 3.63) is 29.8 Å². The number of amides is 1. The third-order valence-electron chi connectivity index (χ3n) is 3.07.